The van der Waals surface area contributed by atoms with Gasteiger partial charge in [-0.05, 0) is 66.8 Å². The Morgan fingerprint density at radius 1 is 1.20 bits per heavy atom. The monoisotopic (exact) mass is 594 g/mol. The number of aromatic nitrogens is 1. The van der Waals surface area contributed by atoms with Crippen molar-refractivity contribution in [1.82, 2.24) is 15.2 Å². The summed E-state index contributed by atoms with van der Waals surface area (Å²) in [6.45, 7) is 9.73. The van der Waals surface area contributed by atoms with Gasteiger partial charge in [-0.25, -0.2) is 0 Å². The molecular weight excluding hydrogens is 552 g/mol. The summed E-state index contributed by atoms with van der Waals surface area (Å²) in [7, 11) is 0. The van der Waals surface area contributed by atoms with Crippen LogP contribution in [-0.2, 0) is 11.4 Å². The van der Waals surface area contributed by atoms with Crippen molar-refractivity contribution in [1.29, 1.82) is 0 Å². The first-order valence-electron chi connectivity index (χ1n) is 15.2. The number of aliphatic hydroxyl groups excluding tert-OH is 1. The second-order valence-corrected chi connectivity index (χ2v) is 12.2. The molecule has 3 aromatic rings. The first kappa shape index (κ1) is 31.3. The van der Waals surface area contributed by atoms with E-state index in [1.165, 1.54) is 6.21 Å². The normalized spacial score (nSPS) is 17.8. The van der Waals surface area contributed by atoms with Crippen LogP contribution in [0.5, 0.6) is 5.75 Å². The zero-order chi connectivity index (χ0) is 31.1. The number of nitrogens with zero attached hydrogens (tertiary/aromatic N) is 4. The number of amides is 1. The van der Waals surface area contributed by atoms with Gasteiger partial charge < -0.3 is 20.9 Å². The molecule has 9 heteroatoms. The predicted octanol–water partition coefficient (Wildman–Crippen LogP) is 4.60. The highest BCUT2D eigenvalue weighted by atomic mass is 16.5. The minimum absolute atomic E-state index is 0.0282. The van der Waals surface area contributed by atoms with E-state index in [4.69, 9.17) is 15.5 Å². The van der Waals surface area contributed by atoms with Crippen molar-refractivity contribution < 1.29 is 14.6 Å². The van der Waals surface area contributed by atoms with Crippen molar-refractivity contribution in [3.63, 3.8) is 0 Å². The molecule has 3 heterocycles. The molecular formula is C35H42N6O3. The average Bonchev–Trinajstić information content (AvgIpc) is 2.97. The third kappa shape index (κ3) is 7.85. The van der Waals surface area contributed by atoms with Crippen molar-refractivity contribution in [3.05, 3.63) is 83.3 Å². The third-order valence-electron chi connectivity index (χ3n) is 7.73. The van der Waals surface area contributed by atoms with Crippen LogP contribution in [0.15, 0.2) is 76.5 Å². The second-order valence-electron chi connectivity index (χ2n) is 12.2. The summed E-state index contributed by atoms with van der Waals surface area (Å²) in [6.07, 6.45) is 8.51. The first-order valence-corrected chi connectivity index (χ1v) is 15.2. The van der Waals surface area contributed by atoms with E-state index in [1.807, 2.05) is 30.3 Å². The van der Waals surface area contributed by atoms with Crippen LogP contribution < -0.4 is 15.8 Å². The third-order valence-corrected chi connectivity index (χ3v) is 7.73. The van der Waals surface area contributed by atoms with E-state index in [2.05, 4.69) is 65.2 Å². The summed E-state index contributed by atoms with van der Waals surface area (Å²) in [5, 5.41) is 14.9. The maximum absolute atomic E-state index is 13.0. The Morgan fingerprint density at radius 2 is 2.00 bits per heavy atom. The fraction of sp³-hybridized carbons (Fsp3) is 0.371. The number of β-amino-alcohol motifs (C(OH)–C–C–N with tert-alkyl or cyclic N) is 1. The van der Waals surface area contributed by atoms with Crippen LogP contribution in [0.3, 0.4) is 0 Å². The number of likely N-dealkylation sites (tertiary alicyclic amines) is 1. The number of nitrogens with one attached hydrogen (secondary N) is 1. The Morgan fingerprint density at radius 3 is 2.75 bits per heavy atom. The molecule has 0 aliphatic carbocycles. The lowest BCUT2D eigenvalue weighted by atomic mass is 9.85. The summed E-state index contributed by atoms with van der Waals surface area (Å²) < 4.78 is 6.31. The van der Waals surface area contributed by atoms with E-state index in [-0.39, 0.29) is 29.7 Å². The standard InChI is InChI=1S/C35H42N6O3/c1-35(2,3)33-21-30(40-33)28-10-11-32(29-9-5-4-8-27(28)29)44-23-24-12-14-37-25(19-24)20-31(38-15-13-36)34(43)39-16-18-41-17-6-7-26(42)22-41/h4-5,8-12,14-15,19-21,26,42H,6-7,13,16-18,22-23,36H2,1-3H3,(H,39,43)/t26-/m1/s1. The van der Waals surface area contributed by atoms with Gasteiger partial charge in [0.15, 0.2) is 0 Å². The van der Waals surface area contributed by atoms with Gasteiger partial charge in [0.1, 0.15) is 18.1 Å². The van der Waals surface area contributed by atoms with Crippen molar-refractivity contribution >= 4 is 40.4 Å². The van der Waals surface area contributed by atoms with Crippen LogP contribution >= 0.6 is 0 Å². The number of pyridine rings is 1. The molecule has 2 aliphatic rings. The molecule has 0 spiro atoms. The van der Waals surface area contributed by atoms with E-state index in [0.717, 1.165) is 58.4 Å². The molecule has 1 amide bonds. The van der Waals surface area contributed by atoms with Crippen molar-refractivity contribution in [2.45, 2.75) is 46.3 Å². The summed E-state index contributed by atoms with van der Waals surface area (Å²) in [4.78, 5) is 28.7. The molecule has 1 aromatic heterocycles. The molecule has 5 rings (SSSR count). The number of hydrogen-bond acceptors (Lipinski definition) is 8. The van der Waals surface area contributed by atoms with Gasteiger partial charge in [0.2, 0.25) is 0 Å². The molecule has 0 saturated carbocycles. The molecule has 0 unspecified atom stereocenters. The number of carbonyl (C=O) groups is 1. The average molecular weight is 595 g/mol. The van der Waals surface area contributed by atoms with Crippen LogP contribution in [0.25, 0.3) is 22.5 Å². The second kappa shape index (κ2) is 14.1. The number of benzene rings is 2. The number of nitrogens with two attached hydrogens (primary N) is 1. The molecule has 1 fully saturated rings. The largest absolute Gasteiger partial charge is 0.488 e. The molecule has 0 radical (unpaired) electrons. The summed E-state index contributed by atoms with van der Waals surface area (Å²) >= 11 is 0. The molecule has 1 saturated heterocycles. The van der Waals surface area contributed by atoms with Crippen LogP contribution in [0.1, 0.15) is 50.4 Å². The number of aliphatic imine (C=N–C) groups is 2. The molecule has 2 aliphatic heterocycles. The maximum atomic E-state index is 13.0. The molecule has 1 atom stereocenters. The van der Waals surface area contributed by atoms with Gasteiger partial charge >= 0.3 is 0 Å². The highest BCUT2D eigenvalue weighted by Crippen LogP contribution is 2.37. The van der Waals surface area contributed by atoms with Crippen LogP contribution in [0.4, 0.5) is 0 Å². The number of ether oxygens (including phenoxy) is 1. The molecule has 2 aromatic carbocycles. The number of carbonyl (C=O) groups excluding carboxylic acids is 1. The number of piperidine rings is 1. The Labute approximate surface area is 259 Å². The summed E-state index contributed by atoms with van der Waals surface area (Å²) in [5.41, 5.74) is 10.6. The fourth-order valence-corrected chi connectivity index (χ4v) is 5.33. The fourth-order valence-electron chi connectivity index (χ4n) is 5.33. The molecule has 0 bridgehead atoms. The molecule has 4 N–H and O–H groups in total. The zero-order valence-electron chi connectivity index (χ0n) is 25.8. The van der Waals surface area contributed by atoms with Gasteiger partial charge in [0.05, 0.1) is 17.5 Å². The highest BCUT2D eigenvalue weighted by molar-refractivity contribution is 6.15. The Kier molecular flexibility index (Phi) is 9.99. The highest BCUT2D eigenvalue weighted by Gasteiger charge is 2.25. The number of aliphatic hydroxyl groups is 1. The minimum Gasteiger partial charge on any atom is -0.488 e. The van der Waals surface area contributed by atoms with Gasteiger partial charge in [-0.3, -0.25) is 24.7 Å². The summed E-state index contributed by atoms with van der Waals surface area (Å²) in [6, 6.07) is 16.1. The van der Waals surface area contributed by atoms with E-state index in [9.17, 15) is 9.90 Å². The smallest absolute Gasteiger partial charge is 0.269 e. The minimum atomic E-state index is -0.303. The Hall–Kier alpha value is -4.18. The van der Waals surface area contributed by atoms with E-state index >= 15 is 0 Å². The van der Waals surface area contributed by atoms with Gasteiger partial charge in [-0.15, -0.1) is 0 Å². The van der Waals surface area contributed by atoms with Crippen LogP contribution in [-0.4, -0.2) is 71.7 Å². The molecule has 44 heavy (non-hydrogen) atoms. The first-order chi connectivity index (χ1) is 21.2. The van der Waals surface area contributed by atoms with Crippen molar-refractivity contribution in [2.24, 2.45) is 21.1 Å². The van der Waals surface area contributed by atoms with Gasteiger partial charge in [0.25, 0.3) is 5.91 Å². The SMILES string of the molecule is CC(C)(C)C1=NC(c2ccc(OCc3ccnc(C=C(N=CCN)C(=O)NCCN4CCC[C@@H](O)C4)c3)c3ccccc23)=C1. The topological polar surface area (TPSA) is 125 Å². The Bertz CT molecular complexity index is 1620. The van der Waals surface area contributed by atoms with E-state index in [0.29, 0.717) is 31.9 Å². The zero-order valence-corrected chi connectivity index (χ0v) is 25.8. The van der Waals surface area contributed by atoms with Crippen LogP contribution in [0, 0.1) is 5.41 Å². The lowest BCUT2D eigenvalue weighted by molar-refractivity contribution is -0.117. The number of fused-ring (bicyclic) bond motifs is 1. The number of rotatable bonds is 11. The maximum Gasteiger partial charge on any atom is 0.269 e. The number of allylic oxidation sites excluding steroid dienone is 1. The molecule has 9 nitrogen and oxygen atoms in total. The molecule has 230 valence electrons. The Balaban J connectivity index is 1.26. The van der Waals surface area contributed by atoms with Gasteiger partial charge in [-0.1, -0.05) is 45.0 Å². The predicted molar refractivity (Wildman–Crippen MR) is 178 cm³/mol. The lowest BCUT2D eigenvalue weighted by Gasteiger charge is -2.29. The number of hydrogen-bond donors (Lipinski definition) is 3. The van der Waals surface area contributed by atoms with E-state index < -0.39 is 0 Å². The quantitative estimate of drug-likeness (QED) is 0.220. The van der Waals surface area contributed by atoms with Gasteiger partial charge in [-0.2, -0.15) is 0 Å². The van der Waals surface area contributed by atoms with Crippen LogP contribution in [0.2, 0.25) is 0 Å². The van der Waals surface area contributed by atoms with E-state index in [1.54, 1.807) is 12.3 Å². The lowest BCUT2D eigenvalue weighted by Crippen LogP contribution is -2.42. The summed E-state index contributed by atoms with van der Waals surface area (Å²) in [5.74, 6) is 0.481. The van der Waals surface area contributed by atoms with Gasteiger partial charge in [0, 0.05) is 60.7 Å². The van der Waals surface area contributed by atoms with Crippen molar-refractivity contribution in [3.8, 4) is 5.75 Å². The van der Waals surface area contributed by atoms with Crippen molar-refractivity contribution in [2.75, 3.05) is 32.7 Å².